The Balaban J connectivity index is 1.40. The Hall–Kier alpha value is -3.47. The molecular weight excluding hydrogens is 324 g/mol. The first-order valence-electron chi connectivity index (χ1n) is 8.48. The van der Waals surface area contributed by atoms with Crippen molar-refractivity contribution in [3.05, 3.63) is 95.8 Å². The van der Waals surface area contributed by atoms with Crippen LogP contribution in [0.3, 0.4) is 0 Å². The Morgan fingerprint density at radius 2 is 1.65 bits per heavy atom. The topological polar surface area (TPSA) is 59.8 Å². The van der Waals surface area contributed by atoms with Crippen LogP contribution in [0.2, 0.25) is 0 Å². The highest BCUT2D eigenvalue weighted by Crippen LogP contribution is 2.15. The monoisotopic (exact) mass is 342 g/mol. The largest absolute Gasteiger partial charge is 0.347 e. The Kier molecular flexibility index (Phi) is 4.43. The van der Waals surface area contributed by atoms with Gasteiger partial charge >= 0.3 is 0 Å². The smallest absolute Gasteiger partial charge is 0.273 e. The summed E-state index contributed by atoms with van der Waals surface area (Å²) in [5.41, 5.74) is 2.48. The van der Waals surface area contributed by atoms with Crippen LogP contribution in [0.4, 0.5) is 0 Å². The zero-order chi connectivity index (χ0) is 17.8. The molecule has 5 nitrogen and oxygen atoms in total. The van der Waals surface area contributed by atoms with Crippen molar-refractivity contribution in [3.8, 4) is 0 Å². The molecule has 0 aliphatic carbocycles. The molecule has 0 unspecified atom stereocenters. The number of nitrogens with zero attached hydrogens (tertiary/aromatic N) is 3. The molecule has 0 saturated carbocycles. The summed E-state index contributed by atoms with van der Waals surface area (Å²) >= 11 is 0. The van der Waals surface area contributed by atoms with Gasteiger partial charge in [0.05, 0.1) is 12.7 Å². The third-order valence-electron chi connectivity index (χ3n) is 4.23. The third kappa shape index (κ3) is 3.62. The van der Waals surface area contributed by atoms with Gasteiger partial charge in [-0.15, -0.1) is 5.10 Å². The van der Waals surface area contributed by atoms with E-state index in [0.29, 0.717) is 18.8 Å². The van der Waals surface area contributed by atoms with Crippen LogP contribution in [0.25, 0.3) is 10.8 Å². The summed E-state index contributed by atoms with van der Waals surface area (Å²) in [4.78, 5) is 12.3. The second kappa shape index (κ2) is 7.19. The normalized spacial score (nSPS) is 10.8. The number of carbonyl (C=O) groups excluding carboxylic acids is 1. The van der Waals surface area contributed by atoms with Gasteiger partial charge in [-0.2, -0.15) is 0 Å². The maximum absolute atomic E-state index is 12.3. The number of aromatic nitrogens is 3. The molecule has 1 heterocycles. The third-order valence-corrected chi connectivity index (χ3v) is 4.23. The minimum Gasteiger partial charge on any atom is -0.347 e. The number of hydrogen-bond donors (Lipinski definition) is 1. The van der Waals surface area contributed by atoms with Gasteiger partial charge < -0.3 is 5.32 Å². The van der Waals surface area contributed by atoms with Crippen molar-refractivity contribution in [1.82, 2.24) is 20.3 Å². The summed E-state index contributed by atoms with van der Waals surface area (Å²) < 4.78 is 1.67. The van der Waals surface area contributed by atoms with Crippen LogP contribution in [0.15, 0.2) is 79.0 Å². The van der Waals surface area contributed by atoms with E-state index in [9.17, 15) is 4.79 Å². The number of fused-ring (bicyclic) bond motifs is 1. The lowest BCUT2D eigenvalue weighted by Crippen LogP contribution is -2.23. The zero-order valence-corrected chi connectivity index (χ0v) is 14.2. The van der Waals surface area contributed by atoms with Crippen molar-refractivity contribution in [2.75, 3.05) is 0 Å². The van der Waals surface area contributed by atoms with Gasteiger partial charge in [-0.05, 0) is 28.0 Å². The van der Waals surface area contributed by atoms with E-state index in [0.717, 1.165) is 16.5 Å². The fourth-order valence-electron chi connectivity index (χ4n) is 2.87. The minimum atomic E-state index is -0.225. The Morgan fingerprint density at radius 1 is 0.885 bits per heavy atom. The van der Waals surface area contributed by atoms with Crippen molar-refractivity contribution in [2.24, 2.45) is 0 Å². The van der Waals surface area contributed by atoms with Crippen LogP contribution in [-0.4, -0.2) is 20.9 Å². The van der Waals surface area contributed by atoms with Crippen LogP contribution in [-0.2, 0) is 13.1 Å². The van der Waals surface area contributed by atoms with E-state index in [4.69, 9.17) is 0 Å². The van der Waals surface area contributed by atoms with Gasteiger partial charge in [0.2, 0.25) is 0 Å². The lowest BCUT2D eigenvalue weighted by molar-refractivity contribution is 0.0946. The van der Waals surface area contributed by atoms with Crippen molar-refractivity contribution in [2.45, 2.75) is 13.1 Å². The van der Waals surface area contributed by atoms with E-state index in [1.165, 1.54) is 5.39 Å². The van der Waals surface area contributed by atoms with Crippen molar-refractivity contribution < 1.29 is 4.79 Å². The molecule has 128 valence electrons. The Morgan fingerprint density at radius 3 is 2.50 bits per heavy atom. The summed E-state index contributed by atoms with van der Waals surface area (Å²) in [5, 5.41) is 13.3. The zero-order valence-electron chi connectivity index (χ0n) is 14.2. The predicted molar refractivity (Wildman–Crippen MR) is 101 cm³/mol. The number of amides is 1. The van der Waals surface area contributed by atoms with E-state index in [-0.39, 0.29) is 5.91 Å². The number of rotatable bonds is 5. The lowest BCUT2D eigenvalue weighted by atomic mass is 10.1. The molecule has 1 N–H and O–H groups in total. The van der Waals surface area contributed by atoms with Crippen LogP contribution in [0.5, 0.6) is 0 Å². The molecule has 0 fully saturated rings. The fourth-order valence-corrected chi connectivity index (χ4v) is 2.87. The van der Waals surface area contributed by atoms with Gasteiger partial charge in [-0.1, -0.05) is 71.9 Å². The molecule has 5 heteroatoms. The van der Waals surface area contributed by atoms with Crippen LogP contribution >= 0.6 is 0 Å². The standard InChI is InChI=1S/C21H18N4O/c26-21(20-15-25(24-23-20)14-16-6-2-1-3-7-16)22-13-17-10-11-18-8-4-5-9-19(18)12-17/h1-12,15H,13-14H2,(H,22,26). The number of benzene rings is 3. The van der Waals surface area contributed by atoms with E-state index in [1.807, 2.05) is 48.5 Å². The molecule has 4 aromatic rings. The lowest BCUT2D eigenvalue weighted by Gasteiger charge is -2.05. The average Bonchev–Trinajstić information content (AvgIpc) is 3.15. The molecule has 0 radical (unpaired) electrons. The van der Waals surface area contributed by atoms with Crippen molar-refractivity contribution >= 4 is 16.7 Å². The molecular formula is C21H18N4O. The van der Waals surface area contributed by atoms with Gasteiger partial charge in [0.25, 0.3) is 5.91 Å². The molecule has 1 amide bonds. The van der Waals surface area contributed by atoms with E-state index in [2.05, 4.69) is 39.9 Å². The first-order valence-corrected chi connectivity index (χ1v) is 8.48. The van der Waals surface area contributed by atoms with Gasteiger partial charge in [-0.25, -0.2) is 4.68 Å². The highest BCUT2D eigenvalue weighted by Gasteiger charge is 2.10. The first kappa shape index (κ1) is 16.0. The van der Waals surface area contributed by atoms with Crippen LogP contribution < -0.4 is 5.32 Å². The summed E-state index contributed by atoms with van der Waals surface area (Å²) in [6.07, 6.45) is 1.67. The molecule has 4 rings (SSSR count). The van der Waals surface area contributed by atoms with Gasteiger partial charge in [0.15, 0.2) is 5.69 Å². The molecule has 1 aromatic heterocycles. The Bertz CT molecular complexity index is 1040. The highest BCUT2D eigenvalue weighted by atomic mass is 16.2. The quantitative estimate of drug-likeness (QED) is 0.605. The molecule has 3 aromatic carbocycles. The van der Waals surface area contributed by atoms with E-state index in [1.54, 1.807) is 10.9 Å². The number of nitrogens with one attached hydrogen (secondary N) is 1. The highest BCUT2D eigenvalue weighted by molar-refractivity contribution is 5.92. The molecule has 0 spiro atoms. The van der Waals surface area contributed by atoms with Crippen LogP contribution in [0.1, 0.15) is 21.6 Å². The van der Waals surface area contributed by atoms with Gasteiger partial charge in [0, 0.05) is 6.54 Å². The van der Waals surface area contributed by atoms with Crippen molar-refractivity contribution in [1.29, 1.82) is 0 Å². The average molecular weight is 342 g/mol. The molecule has 0 saturated heterocycles. The van der Waals surface area contributed by atoms with Crippen molar-refractivity contribution in [3.63, 3.8) is 0 Å². The second-order valence-electron chi connectivity index (χ2n) is 6.15. The minimum absolute atomic E-state index is 0.225. The Labute approximate surface area is 151 Å². The maximum Gasteiger partial charge on any atom is 0.273 e. The fraction of sp³-hybridized carbons (Fsp3) is 0.0952. The predicted octanol–water partition coefficient (Wildman–Crippen LogP) is 3.41. The van der Waals surface area contributed by atoms with Crippen LogP contribution in [0, 0.1) is 0 Å². The van der Waals surface area contributed by atoms with Gasteiger partial charge in [0.1, 0.15) is 0 Å². The van der Waals surface area contributed by atoms with E-state index >= 15 is 0 Å². The number of hydrogen-bond acceptors (Lipinski definition) is 3. The summed E-state index contributed by atoms with van der Waals surface area (Å²) in [6, 6.07) is 24.3. The first-order chi connectivity index (χ1) is 12.8. The summed E-state index contributed by atoms with van der Waals surface area (Å²) in [7, 11) is 0. The number of carbonyl (C=O) groups is 1. The molecule has 0 bridgehead atoms. The molecule has 26 heavy (non-hydrogen) atoms. The van der Waals surface area contributed by atoms with E-state index < -0.39 is 0 Å². The van der Waals surface area contributed by atoms with Gasteiger partial charge in [-0.3, -0.25) is 4.79 Å². The summed E-state index contributed by atoms with van der Waals surface area (Å²) in [6.45, 7) is 1.04. The second-order valence-corrected chi connectivity index (χ2v) is 6.15. The SMILES string of the molecule is O=C(NCc1ccc2ccccc2c1)c1cn(Cc2ccccc2)nn1. The summed E-state index contributed by atoms with van der Waals surface area (Å²) in [5.74, 6) is -0.225. The maximum atomic E-state index is 12.3. The molecule has 0 aliphatic rings. The molecule has 0 aliphatic heterocycles. The molecule has 0 atom stereocenters.